The van der Waals surface area contributed by atoms with E-state index in [2.05, 4.69) is 5.10 Å². The molecule has 0 spiro atoms. The standard InChI is InChI=1S/C23H31N5O5S/c1-2-26-22(24-28(23(26)31)17-18-7-4-3-5-8-18)19-11-13-25(14-12-19)34(32,33)16-15-27-20(29)9-6-10-21(27)30/h3-5,7-8,19H,2,6,9-17H2,1H3. The van der Waals surface area contributed by atoms with E-state index >= 15 is 0 Å². The lowest BCUT2D eigenvalue weighted by atomic mass is 9.97. The lowest BCUT2D eigenvalue weighted by Crippen LogP contribution is -2.46. The number of sulfonamides is 1. The van der Waals surface area contributed by atoms with E-state index in [0.29, 0.717) is 51.3 Å². The minimum Gasteiger partial charge on any atom is -0.282 e. The number of amides is 2. The molecular formula is C23H31N5O5S. The highest BCUT2D eigenvalue weighted by Crippen LogP contribution is 2.28. The van der Waals surface area contributed by atoms with Gasteiger partial charge in [0.25, 0.3) is 0 Å². The summed E-state index contributed by atoms with van der Waals surface area (Å²) in [6.07, 6.45) is 2.21. The Balaban J connectivity index is 1.40. The van der Waals surface area contributed by atoms with E-state index in [-0.39, 0.29) is 48.6 Å². The van der Waals surface area contributed by atoms with Gasteiger partial charge < -0.3 is 0 Å². The van der Waals surface area contributed by atoms with E-state index in [9.17, 15) is 22.8 Å². The van der Waals surface area contributed by atoms with Crippen LogP contribution in [0, 0.1) is 0 Å². The van der Waals surface area contributed by atoms with E-state index in [0.717, 1.165) is 10.5 Å². The quantitative estimate of drug-likeness (QED) is 0.514. The van der Waals surface area contributed by atoms with Crippen LogP contribution in [-0.4, -0.2) is 69.2 Å². The van der Waals surface area contributed by atoms with Gasteiger partial charge in [0.05, 0.1) is 12.3 Å². The van der Waals surface area contributed by atoms with Gasteiger partial charge in [0.2, 0.25) is 21.8 Å². The Labute approximate surface area is 199 Å². The highest BCUT2D eigenvalue weighted by atomic mass is 32.2. The summed E-state index contributed by atoms with van der Waals surface area (Å²) in [5, 5.41) is 4.62. The molecule has 0 bridgehead atoms. The maximum absolute atomic E-state index is 12.9. The summed E-state index contributed by atoms with van der Waals surface area (Å²) >= 11 is 0. The van der Waals surface area contributed by atoms with E-state index < -0.39 is 10.0 Å². The van der Waals surface area contributed by atoms with Gasteiger partial charge in [0.15, 0.2) is 0 Å². The number of imide groups is 1. The first-order valence-corrected chi connectivity index (χ1v) is 13.4. The van der Waals surface area contributed by atoms with Crippen LogP contribution in [0.2, 0.25) is 0 Å². The van der Waals surface area contributed by atoms with Crippen molar-refractivity contribution >= 4 is 21.8 Å². The van der Waals surface area contributed by atoms with Crippen LogP contribution >= 0.6 is 0 Å². The summed E-state index contributed by atoms with van der Waals surface area (Å²) in [5.41, 5.74) is 0.829. The molecule has 0 N–H and O–H groups in total. The molecule has 2 fully saturated rings. The Morgan fingerprint density at radius 2 is 1.65 bits per heavy atom. The van der Waals surface area contributed by atoms with Gasteiger partial charge in [-0.05, 0) is 31.7 Å². The second kappa shape index (κ2) is 10.2. The number of hydrogen-bond donors (Lipinski definition) is 0. The second-order valence-electron chi connectivity index (χ2n) is 8.81. The second-order valence-corrected chi connectivity index (χ2v) is 10.9. The van der Waals surface area contributed by atoms with E-state index in [1.54, 1.807) is 4.57 Å². The predicted molar refractivity (Wildman–Crippen MR) is 126 cm³/mol. The number of likely N-dealkylation sites (tertiary alicyclic amines) is 1. The summed E-state index contributed by atoms with van der Waals surface area (Å²) in [5.74, 6) is -0.172. The monoisotopic (exact) mass is 489 g/mol. The summed E-state index contributed by atoms with van der Waals surface area (Å²) in [6, 6.07) is 9.67. The van der Waals surface area contributed by atoms with Crippen LogP contribution in [0.5, 0.6) is 0 Å². The van der Waals surface area contributed by atoms with Gasteiger partial charge in [-0.2, -0.15) is 5.10 Å². The summed E-state index contributed by atoms with van der Waals surface area (Å²) < 4.78 is 30.3. The van der Waals surface area contributed by atoms with Crippen molar-refractivity contribution in [2.45, 2.75) is 58.0 Å². The van der Waals surface area contributed by atoms with Gasteiger partial charge in [0.1, 0.15) is 5.82 Å². The molecule has 0 unspecified atom stereocenters. The fraction of sp³-hybridized carbons (Fsp3) is 0.565. The van der Waals surface area contributed by atoms with Crippen LogP contribution in [0.4, 0.5) is 0 Å². The Morgan fingerprint density at radius 1 is 1.00 bits per heavy atom. The van der Waals surface area contributed by atoms with Gasteiger partial charge in [-0.25, -0.2) is 22.2 Å². The zero-order chi connectivity index (χ0) is 24.3. The van der Waals surface area contributed by atoms with Crippen molar-refractivity contribution in [2.75, 3.05) is 25.4 Å². The molecule has 10 nitrogen and oxygen atoms in total. The topological polar surface area (TPSA) is 115 Å². The summed E-state index contributed by atoms with van der Waals surface area (Å²) in [6.45, 7) is 3.33. The average Bonchev–Trinajstić information content (AvgIpc) is 3.14. The van der Waals surface area contributed by atoms with E-state index in [4.69, 9.17) is 0 Å². The lowest BCUT2D eigenvalue weighted by Gasteiger charge is -2.31. The molecular weight excluding hydrogens is 458 g/mol. The molecule has 3 heterocycles. The maximum Gasteiger partial charge on any atom is 0.346 e. The fourth-order valence-electron chi connectivity index (χ4n) is 4.69. The molecule has 0 atom stereocenters. The molecule has 2 aromatic rings. The largest absolute Gasteiger partial charge is 0.346 e. The minimum absolute atomic E-state index is 0.0126. The SMILES string of the molecule is CCn1c(C2CCN(S(=O)(=O)CCN3C(=O)CCCC3=O)CC2)nn(Cc2ccccc2)c1=O. The highest BCUT2D eigenvalue weighted by Gasteiger charge is 2.33. The van der Waals surface area contributed by atoms with Gasteiger partial charge >= 0.3 is 5.69 Å². The summed E-state index contributed by atoms with van der Waals surface area (Å²) in [4.78, 5) is 37.9. The first-order valence-electron chi connectivity index (χ1n) is 11.8. The van der Waals surface area contributed by atoms with Crippen molar-refractivity contribution < 1.29 is 18.0 Å². The van der Waals surface area contributed by atoms with Crippen LogP contribution in [-0.2, 0) is 32.7 Å². The molecule has 1 aromatic carbocycles. The predicted octanol–water partition coefficient (Wildman–Crippen LogP) is 1.16. The van der Waals surface area contributed by atoms with Crippen molar-refractivity contribution in [3.63, 3.8) is 0 Å². The molecule has 0 saturated carbocycles. The smallest absolute Gasteiger partial charge is 0.282 e. The van der Waals surface area contributed by atoms with Crippen LogP contribution < -0.4 is 5.69 Å². The van der Waals surface area contributed by atoms with Gasteiger partial charge in [0, 0.05) is 44.9 Å². The van der Waals surface area contributed by atoms with Crippen molar-refractivity contribution in [1.29, 1.82) is 0 Å². The lowest BCUT2D eigenvalue weighted by molar-refractivity contribution is -0.147. The Bertz CT molecular complexity index is 1180. The normalized spacial score (nSPS) is 18.6. The van der Waals surface area contributed by atoms with Gasteiger partial charge in [-0.1, -0.05) is 30.3 Å². The van der Waals surface area contributed by atoms with Crippen molar-refractivity contribution in [3.8, 4) is 0 Å². The van der Waals surface area contributed by atoms with Crippen LogP contribution in [0.1, 0.15) is 56.3 Å². The van der Waals surface area contributed by atoms with Crippen molar-refractivity contribution in [2.24, 2.45) is 0 Å². The maximum atomic E-state index is 12.9. The Morgan fingerprint density at radius 3 is 2.26 bits per heavy atom. The molecule has 2 amide bonds. The van der Waals surface area contributed by atoms with Crippen molar-refractivity contribution in [3.05, 3.63) is 52.2 Å². The first kappa shape index (κ1) is 24.3. The number of benzene rings is 1. The molecule has 0 radical (unpaired) electrons. The van der Waals surface area contributed by atoms with Crippen molar-refractivity contribution in [1.82, 2.24) is 23.6 Å². The summed E-state index contributed by atoms with van der Waals surface area (Å²) in [7, 11) is -3.60. The van der Waals surface area contributed by atoms with Crippen LogP contribution in [0.3, 0.4) is 0 Å². The molecule has 4 rings (SSSR count). The Hall–Kier alpha value is -2.79. The molecule has 2 saturated heterocycles. The van der Waals surface area contributed by atoms with Crippen LogP contribution in [0.15, 0.2) is 35.1 Å². The number of carbonyl (C=O) groups excluding carboxylic acids is 2. The third-order valence-corrected chi connectivity index (χ3v) is 8.46. The molecule has 1 aromatic heterocycles. The zero-order valence-electron chi connectivity index (χ0n) is 19.4. The molecule has 2 aliphatic heterocycles. The highest BCUT2D eigenvalue weighted by molar-refractivity contribution is 7.89. The number of nitrogens with zero attached hydrogens (tertiary/aromatic N) is 5. The molecule has 184 valence electrons. The minimum atomic E-state index is -3.60. The number of aromatic nitrogens is 3. The molecule has 0 aliphatic carbocycles. The third kappa shape index (κ3) is 5.15. The number of rotatable bonds is 8. The first-order chi connectivity index (χ1) is 16.3. The van der Waals surface area contributed by atoms with E-state index in [1.807, 2.05) is 37.3 Å². The van der Waals surface area contributed by atoms with Gasteiger partial charge in [-0.15, -0.1) is 0 Å². The number of hydrogen-bond acceptors (Lipinski definition) is 6. The molecule has 34 heavy (non-hydrogen) atoms. The van der Waals surface area contributed by atoms with Crippen LogP contribution in [0.25, 0.3) is 0 Å². The fourth-order valence-corrected chi connectivity index (χ4v) is 6.13. The number of piperidine rings is 2. The molecule has 11 heteroatoms. The molecule has 2 aliphatic rings. The third-order valence-electron chi connectivity index (χ3n) is 6.61. The zero-order valence-corrected chi connectivity index (χ0v) is 20.2. The van der Waals surface area contributed by atoms with Gasteiger partial charge in [-0.3, -0.25) is 19.1 Å². The number of carbonyl (C=O) groups is 2. The average molecular weight is 490 g/mol. The Kier molecular flexibility index (Phi) is 7.32. The van der Waals surface area contributed by atoms with E-state index in [1.165, 1.54) is 8.99 Å².